The summed E-state index contributed by atoms with van der Waals surface area (Å²) in [6, 6.07) is 18.4. The van der Waals surface area contributed by atoms with Crippen molar-refractivity contribution in [3.63, 3.8) is 0 Å². The molecule has 20 heavy (non-hydrogen) atoms. The van der Waals surface area contributed by atoms with Gasteiger partial charge in [-0.25, -0.2) is 0 Å². The van der Waals surface area contributed by atoms with E-state index in [4.69, 9.17) is 0 Å². The molecule has 0 aromatic heterocycles. The second kappa shape index (κ2) is 6.04. The third-order valence-corrected chi connectivity index (χ3v) is 4.31. The Balaban J connectivity index is 1.67. The van der Waals surface area contributed by atoms with Crippen LogP contribution in [0.3, 0.4) is 0 Å². The summed E-state index contributed by atoms with van der Waals surface area (Å²) in [5, 5.41) is 0. The highest BCUT2D eigenvalue weighted by atomic mass is 16.1. The van der Waals surface area contributed by atoms with Gasteiger partial charge in [-0.05, 0) is 42.7 Å². The van der Waals surface area contributed by atoms with Crippen molar-refractivity contribution < 1.29 is 4.79 Å². The number of fused-ring (bicyclic) bond motifs is 1. The molecule has 1 heteroatoms. The SMILES string of the molecule is O=C(CCC1CCCc2ccccc21)c1ccccc1. The number of ketones is 1. The Morgan fingerprint density at radius 1 is 1.00 bits per heavy atom. The second-order valence-electron chi connectivity index (χ2n) is 5.62. The molecule has 0 fully saturated rings. The van der Waals surface area contributed by atoms with E-state index in [9.17, 15) is 4.79 Å². The molecule has 2 aromatic carbocycles. The number of rotatable bonds is 4. The van der Waals surface area contributed by atoms with E-state index in [0.29, 0.717) is 12.3 Å². The Hall–Kier alpha value is -1.89. The van der Waals surface area contributed by atoms with Crippen molar-refractivity contribution in [3.05, 3.63) is 71.3 Å². The van der Waals surface area contributed by atoms with Gasteiger partial charge in [0.2, 0.25) is 0 Å². The fourth-order valence-electron chi connectivity index (χ4n) is 3.23. The van der Waals surface area contributed by atoms with Crippen LogP contribution in [0.5, 0.6) is 0 Å². The summed E-state index contributed by atoms with van der Waals surface area (Å²) in [6.45, 7) is 0. The van der Waals surface area contributed by atoms with Gasteiger partial charge in [-0.3, -0.25) is 4.79 Å². The van der Waals surface area contributed by atoms with Gasteiger partial charge in [0, 0.05) is 12.0 Å². The van der Waals surface area contributed by atoms with E-state index in [1.165, 1.54) is 30.4 Å². The van der Waals surface area contributed by atoms with Crippen LogP contribution >= 0.6 is 0 Å². The highest BCUT2D eigenvalue weighted by molar-refractivity contribution is 5.95. The summed E-state index contributed by atoms with van der Waals surface area (Å²) in [7, 11) is 0. The topological polar surface area (TPSA) is 17.1 Å². The van der Waals surface area contributed by atoms with E-state index < -0.39 is 0 Å². The summed E-state index contributed by atoms with van der Waals surface area (Å²) in [4.78, 5) is 12.2. The monoisotopic (exact) mass is 264 g/mol. The average molecular weight is 264 g/mol. The predicted octanol–water partition coefficient (Wildman–Crippen LogP) is 4.77. The van der Waals surface area contributed by atoms with Crippen molar-refractivity contribution in [1.82, 2.24) is 0 Å². The van der Waals surface area contributed by atoms with Crippen molar-refractivity contribution in [2.45, 2.75) is 38.0 Å². The van der Waals surface area contributed by atoms with Gasteiger partial charge in [-0.1, -0.05) is 54.6 Å². The van der Waals surface area contributed by atoms with Gasteiger partial charge in [0.05, 0.1) is 0 Å². The molecule has 0 spiro atoms. The first-order chi connectivity index (χ1) is 9.84. The molecule has 102 valence electrons. The summed E-state index contributed by atoms with van der Waals surface area (Å²) < 4.78 is 0. The lowest BCUT2D eigenvalue weighted by Gasteiger charge is -2.25. The minimum absolute atomic E-state index is 0.272. The van der Waals surface area contributed by atoms with Gasteiger partial charge in [-0.15, -0.1) is 0 Å². The number of carbonyl (C=O) groups is 1. The second-order valence-corrected chi connectivity index (χ2v) is 5.62. The summed E-state index contributed by atoms with van der Waals surface area (Å²) in [5.74, 6) is 0.835. The molecule has 0 amide bonds. The van der Waals surface area contributed by atoms with Crippen LogP contribution in [-0.2, 0) is 6.42 Å². The molecule has 0 saturated heterocycles. The third-order valence-electron chi connectivity index (χ3n) is 4.31. The zero-order valence-electron chi connectivity index (χ0n) is 11.7. The zero-order valence-corrected chi connectivity index (χ0v) is 11.7. The first-order valence-corrected chi connectivity index (χ1v) is 7.50. The number of aryl methyl sites for hydroxylation is 1. The van der Waals surface area contributed by atoms with E-state index in [2.05, 4.69) is 24.3 Å². The van der Waals surface area contributed by atoms with Gasteiger partial charge in [0.25, 0.3) is 0 Å². The maximum absolute atomic E-state index is 12.2. The van der Waals surface area contributed by atoms with Crippen molar-refractivity contribution in [1.29, 1.82) is 0 Å². The van der Waals surface area contributed by atoms with Crippen LogP contribution in [0.2, 0.25) is 0 Å². The van der Waals surface area contributed by atoms with Gasteiger partial charge in [0.15, 0.2) is 5.78 Å². The Kier molecular flexibility index (Phi) is 3.96. The summed E-state index contributed by atoms with van der Waals surface area (Å²) >= 11 is 0. The fraction of sp³-hybridized carbons (Fsp3) is 0.316. The molecule has 1 nitrogen and oxygen atoms in total. The number of benzene rings is 2. The molecule has 1 aliphatic carbocycles. The molecule has 1 atom stereocenters. The third kappa shape index (κ3) is 2.82. The lowest BCUT2D eigenvalue weighted by molar-refractivity contribution is 0.0976. The first-order valence-electron chi connectivity index (χ1n) is 7.50. The average Bonchev–Trinajstić information content (AvgIpc) is 2.53. The van der Waals surface area contributed by atoms with Gasteiger partial charge in [-0.2, -0.15) is 0 Å². The Labute approximate surface area is 120 Å². The van der Waals surface area contributed by atoms with E-state index in [0.717, 1.165) is 12.0 Å². The predicted molar refractivity (Wildman–Crippen MR) is 82.1 cm³/mol. The van der Waals surface area contributed by atoms with Crippen LogP contribution in [0.1, 0.15) is 53.1 Å². The normalized spacial score (nSPS) is 17.5. The van der Waals surface area contributed by atoms with Crippen LogP contribution in [0.4, 0.5) is 0 Å². The molecule has 0 heterocycles. The zero-order chi connectivity index (χ0) is 13.8. The minimum Gasteiger partial charge on any atom is -0.294 e. The summed E-state index contributed by atoms with van der Waals surface area (Å²) in [5.41, 5.74) is 3.80. The molecule has 0 saturated carbocycles. The van der Waals surface area contributed by atoms with Crippen molar-refractivity contribution in [2.24, 2.45) is 0 Å². The van der Waals surface area contributed by atoms with Crippen LogP contribution in [-0.4, -0.2) is 5.78 Å². The molecule has 0 bridgehead atoms. The molecule has 2 aromatic rings. The van der Waals surface area contributed by atoms with E-state index >= 15 is 0 Å². The smallest absolute Gasteiger partial charge is 0.162 e. The number of hydrogen-bond acceptors (Lipinski definition) is 1. The van der Waals surface area contributed by atoms with E-state index in [-0.39, 0.29) is 5.78 Å². The standard InChI is InChI=1S/C19H20O/c20-19(17-8-2-1-3-9-17)14-13-16-11-6-10-15-7-4-5-12-18(15)16/h1-5,7-9,12,16H,6,10-11,13-14H2. The van der Waals surface area contributed by atoms with E-state index in [1.54, 1.807) is 0 Å². The molecule has 1 unspecified atom stereocenters. The van der Waals surface area contributed by atoms with Crippen LogP contribution in [0, 0.1) is 0 Å². The van der Waals surface area contributed by atoms with Gasteiger partial charge < -0.3 is 0 Å². The molecular weight excluding hydrogens is 244 g/mol. The Morgan fingerprint density at radius 3 is 2.60 bits per heavy atom. The molecule has 3 rings (SSSR count). The molecule has 0 aliphatic heterocycles. The van der Waals surface area contributed by atoms with Crippen LogP contribution in [0.25, 0.3) is 0 Å². The summed E-state index contributed by atoms with van der Waals surface area (Å²) in [6.07, 6.45) is 5.30. The lowest BCUT2D eigenvalue weighted by Crippen LogP contribution is -2.11. The minimum atomic E-state index is 0.272. The molecular formula is C19H20O. The van der Waals surface area contributed by atoms with Crippen LogP contribution < -0.4 is 0 Å². The van der Waals surface area contributed by atoms with Crippen molar-refractivity contribution >= 4 is 5.78 Å². The first kappa shape index (κ1) is 13.1. The molecule has 1 aliphatic rings. The molecule has 0 radical (unpaired) electrons. The van der Waals surface area contributed by atoms with E-state index in [1.807, 2.05) is 30.3 Å². The van der Waals surface area contributed by atoms with Crippen molar-refractivity contribution in [2.75, 3.05) is 0 Å². The Morgan fingerprint density at radius 2 is 1.75 bits per heavy atom. The quantitative estimate of drug-likeness (QED) is 0.727. The highest BCUT2D eigenvalue weighted by Crippen LogP contribution is 2.34. The maximum Gasteiger partial charge on any atom is 0.162 e. The largest absolute Gasteiger partial charge is 0.294 e. The Bertz CT molecular complexity index is 586. The van der Waals surface area contributed by atoms with Crippen LogP contribution in [0.15, 0.2) is 54.6 Å². The lowest BCUT2D eigenvalue weighted by atomic mass is 9.80. The number of Topliss-reactive ketones (excluding diaryl/α,β-unsaturated/α-hetero) is 1. The molecule has 0 N–H and O–H groups in total. The number of carbonyl (C=O) groups excluding carboxylic acids is 1. The number of hydrogen-bond donors (Lipinski definition) is 0. The van der Waals surface area contributed by atoms with Gasteiger partial charge >= 0.3 is 0 Å². The maximum atomic E-state index is 12.2. The van der Waals surface area contributed by atoms with Crippen molar-refractivity contribution in [3.8, 4) is 0 Å². The highest BCUT2D eigenvalue weighted by Gasteiger charge is 2.20. The fourth-order valence-corrected chi connectivity index (χ4v) is 3.23. The van der Waals surface area contributed by atoms with Gasteiger partial charge in [0.1, 0.15) is 0 Å².